The van der Waals surface area contributed by atoms with Crippen LogP contribution in [0, 0.1) is 0 Å². The van der Waals surface area contributed by atoms with Gasteiger partial charge in [-0.15, -0.1) is 0 Å². The molecule has 0 atom stereocenters. The monoisotopic (exact) mass is 143 g/mol. The molecule has 0 fully saturated rings. The van der Waals surface area contributed by atoms with Crippen LogP contribution in [0.25, 0.3) is 0 Å². The highest BCUT2D eigenvalue weighted by molar-refractivity contribution is 5.17. The lowest BCUT2D eigenvalue weighted by Gasteiger charge is -1.91. The van der Waals surface area contributed by atoms with Crippen LogP contribution in [0.2, 0.25) is 0 Å². The number of aromatic nitrogens is 2. The molecule has 0 saturated carbocycles. The lowest BCUT2D eigenvalue weighted by atomic mass is 10.5. The second-order valence-corrected chi connectivity index (χ2v) is 2.00. The van der Waals surface area contributed by atoms with Crippen molar-refractivity contribution in [1.82, 2.24) is 9.55 Å². The summed E-state index contributed by atoms with van der Waals surface area (Å²) in [4.78, 5) is 13.1. The van der Waals surface area contributed by atoms with Gasteiger partial charge in [0.2, 0.25) is 5.88 Å². The Labute approximate surface area is 57.1 Å². The number of aromatic amines is 1. The van der Waals surface area contributed by atoms with E-state index in [0.29, 0.717) is 5.69 Å². The van der Waals surface area contributed by atoms with Crippen molar-refractivity contribution in [1.29, 1.82) is 0 Å². The molecule has 4 N–H and O–H groups in total. The second-order valence-electron chi connectivity index (χ2n) is 2.00. The van der Waals surface area contributed by atoms with Crippen LogP contribution in [0.15, 0.2) is 4.79 Å². The van der Waals surface area contributed by atoms with Crippen LogP contribution in [0.3, 0.4) is 0 Å². The summed E-state index contributed by atoms with van der Waals surface area (Å²) in [5.74, 6) is -0.0903. The summed E-state index contributed by atoms with van der Waals surface area (Å²) in [6.45, 7) is 0.141. The van der Waals surface area contributed by atoms with Gasteiger partial charge in [0.25, 0.3) is 0 Å². The maximum Gasteiger partial charge on any atom is 0.328 e. The second kappa shape index (κ2) is 2.18. The minimum absolute atomic E-state index is 0.0903. The molecule has 0 saturated heterocycles. The van der Waals surface area contributed by atoms with Crippen LogP contribution in [0.5, 0.6) is 5.88 Å². The normalized spacial score (nSPS) is 10.2. The molecule has 1 aromatic heterocycles. The Balaban J connectivity index is 3.31. The third-order valence-corrected chi connectivity index (χ3v) is 1.35. The molecule has 56 valence electrons. The molecule has 5 nitrogen and oxygen atoms in total. The summed E-state index contributed by atoms with van der Waals surface area (Å²) < 4.78 is 1.10. The fourth-order valence-corrected chi connectivity index (χ4v) is 0.710. The van der Waals surface area contributed by atoms with E-state index in [1.807, 2.05) is 0 Å². The Bertz CT molecular complexity index is 286. The molecule has 0 unspecified atom stereocenters. The Morgan fingerprint density at radius 1 is 1.80 bits per heavy atom. The zero-order valence-electron chi connectivity index (χ0n) is 5.59. The number of imidazole rings is 1. The van der Waals surface area contributed by atoms with Crippen molar-refractivity contribution in [2.45, 2.75) is 6.54 Å². The first kappa shape index (κ1) is 6.88. The largest absolute Gasteiger partial charge is 0.493 e. The molecule has 1 rings (SSSR count). The molecule has 1 aromatic rings. The smallest absolute Gasteiger partial charge is 0.328 e. The van der Waals surface area contributed by atoms with Gasteiger partial charge in [0.05, 0.1) is 5.69 Å². The minimum atomic E-state index is -0.349. The number of nitrogens with zero attached hydrogens (tertiary/aromatic N) is 1. The SMILES string of the molecule is Cn1c(O)c(CN)[nH]c1=O. The predicted octanol–water partition coefficient (Wildman–Crippen LogP) is -1.12. The average molecular weight is 143 g/mol. The molecule has 0 aliphatic rings. The Morgan fingerprint density at radius 3 is 2.60 bits per heavy atom. The van der Waals surface area contributed by atoms with Gasteiger partial charge in [0, 0.05) is 13.6 Å². The zero-order chi connectivity index (χ0) is 7.72. The molecule has 5 heteroatoms. The summed E-state index contributed by atoms with van der Waals surface area (Å²) in [5, 5.41) is 9.07. The molecular formula is C5H9N3O2. The fourth-order valence-electron chi connectivity index (χ4n) is 0.710. The molecule has 10 heavy (non-hydrogen) atoms. The number of hydrogen-bond donors (Lipinski definition) is 3. The fraction of sp³-hybridized carbons (Fsp3) is 0.400. The van der Waals surface area contributed by atoms with Gasteiger partial charge in [-0.05, 0) is 0 Å². The first-order valence-electron chi connectivity index (χ1n) is 2.83. The van der Waals surface area contributed by atoms with E-state index in [9.17, 15) is 4.79 Å². The van der Waals surface area contributed by atoms with Gasteiger partial charge in [0.1, 0.15) is 0 Å². The summed E-state index contributed by atoms with van der Waals surface area (Å²) in [5.41, 5.74) is 5.21. The Morgan fingerprint density at radius 2 is 2.40 bits per heavy atom. The first-order valence-corrected chi connectivity index (χ1v) is 2.83. The Hall–Kier alpha value is -1.23. The summed E-state index contributed by atoms with van der Waals surface area (Å²) in [6.07, 6.45) is 0. The molecule has 0 amide bonds. The summed E-state index contributed by atoms with van der Waals surface area (Å²) in [6, 6.07) is 0. The third-order valence-electron chi connectivity index (χ3n) is 1.35. The minimum Gasteiger partial charge on any atom is -0.493 e. The highest BCUT2D eigenvalue weighted by atomic mass is 16.3. The van der Waals surface area contributed by atoms with Crippen LogP contribution in [0.1, 0.15) is 5.69 Å². The molecule has 0 aliphatic carbocycles. The van der Waals surface area contributed by atoms with Gasteiger partial charge in [-0.2, -0.15) is 0 Å². The maximum atomic E-state index is 10.7. The van der Waals surface area contributed by atoms with Crippen molar-refractivity contribution >= 4 is 0 Å². The average Bonchev–Trinajstić information content (AvgIpc) is 2.17. The van der Waals surface area contributed by atoms with Crippen LogP contribution in [-0.4, -0.2) is 14.7 Å². The molecule has 0 aliphatic heterocycles. The predicted molar refractivity (Wildman–Crippen MR) is 35.6 cm³/mol. The van der Waals surface area contributed by atoms with E-state index >= 15 is 0 Å². The van der Waals surface area contributed by atoms with Gasteiger partial charge in [0.15, 0.2) is 0 Å². The van der Waals surface area contributed by atoms with E-state index in [1.165, 1.54) is 7.05 Å². The third kappa shape index (κ3) is 0.801. The number of aromatic hydroxyl groups is 1. The van der Waals surface area contributed by atoms with Crippen molar-refractivity contribution in [2.24, 2.45) is 12.8 Å². The Kier molecular flexibility index (Phi) is 1.50. The number of nitrogens with one attached hydrogen (secondary N) is 1. The first-order chi connectivity index (χ1) is 4.66. The van der Waals surface area contributed by atoms with Crippen LogP contribution < -0.4 is 11.4 Å². The van der Waals surface area contributed by atoms with E-state index in [4.69, 9.17) is 10.8 Å². The van der Waals surface area contributed by atoms with Gasteiger partial charge >= 0.3 is 5.69 Å². The lowest BCUT2D eigenvalue weighted by molar-refractivity contribution is 0.423. The topological polar surface area (TPSA) is 84.0 Å². The number of rotatable bonds is 1. The van der Waals surface area contributed by atoms with Crippen LogP contribution >= 0.6 is 0 Å². The highest BCUT2D eigenvalue weighted by Crippen LogP contribution is 2.08. The number of H-pyrrole nitrogens is 1. The van der Waals surface area contributed by atoms with Crippen molar-refractivity contribution in [3.8, 4) is 5.88 Å². The van der Waals surface area contributed by atoms with Crippen LogP contribution in [0.4, 0.5) is 0 Å². The highest BCUT2D eigenvalue weighted by Gasteiger charge is 2.06. The van der Waals surface area contributed by atoms with Gasteiger partial charge < -0.3 is 15.8 Å². The zero-order valence-corrected chi connectivity index (χ0v) is 5.59. The number of nitrogens with two attached hydrogens (primary N) is 1. The molecule has 0 bridgehead atoms. The molecule has 0 spiro atoms. The lowest BCUT2D eigenvalue weighted by Crippen LogP contribution is -2.11. The van der Waals surface area contributed by atoms with E-state index in [-0.39, 0.29) is 18.1 Å². The van der Waals surface area contributed by atoms with Gasteiger partial charge in [-0.3, -0.25) is 4.57 Å². The van der Waals surface area contributed by atoms with Gasteiger partial charge in [-0.25, -0.2) is 4.79 Å². The van der Waals surface area contributed by atoms with Crippen molar-refractivity contribution in [3.63, 3.8) is 0 Å². The van der Waals surface area contributed by atoms with E-state index in [0.717, 1.165) is 4.57 Å². The maximum absolute atomic E-state index is 10.7. The van der Waals surface area contributed by atoms with Crippen LogP contribution in [-0.2, 0) is 13.6 Å². The quantitative estimate of drug-likeness (QED) is 0.465. The van der Waals surface area contributed by atoms with Crippen molar-refractivity contribution in [2.75, 3.05) is 0 Å². The van der Waals surface area contributed by atoms with Crippen molar-refractivity contribution in [3.05, 3.63) is 16.2 Å². The standard InChI is InChI=1S/C5H9N3O2/c1-8-4(9)3(2-6)7-5(8)10/h9H,2,6H2,1H3,(H,7,10). The molecule has 0 aromatic carbocycles. The summed E-state index contributed by atoms with van der Waals surface area (Å²) >= 11 is 0. The van der Waals surface area contributed by atoms with Gasteiger partial charge in [-0.1, -0.05) is 0 Å². The van der Waals surface area contributed by atoms with E-state index in [1.54, 1.807) is 0 Å². The number of hydrogen-bond acceptors (Lipinski definition) is 3. The molecule has 0 radical (unpaired) electrons. The van der Waals surface area contributed by atoms with Crippen molar-refractivity contribution < 1.29 is 5.11 Å². The van der Waals surface area contributed by atoms with E-state index < -0.39 is 0 Å². The summed E-state index contributed by atoms with van der Waals surface area (Å²) in [7, 11) is 1.47. The van der Waals surface area contributed by atoms with E-state index in [2.05, 4.69) is 4.98 Å². The molecule has 1 heterocycles. The molecular weight excluding hydrogens is 134 g/mol.